The fraction of sp³-hybridized carbons (Fsp3) is 0.167. The molecule has 1 amide bonds. The lowest BCUT2D eigenvalue weighted by atomic mass is 10.3. The Morgan fingerprint density at radius 3 is 2.38 bits per heavy atom. The first-order valence-corrected chi connectivity index (χ1v) is 6.61. The number of benzene rings is 1. The summed E-state index contributed by atoms with van der Waals surface area (Å²) in [5.74, 6) is -0.676. The van der Waals surface area contributed by atoms with E-state index < -0.39 is 10.8 Å². The molecule has 0 spiro atoms. The third-order valence-corrected chi connectivity index (χ3v) is 3.43. The van der Waals surface area contributed by atoms with Gasteiger partial charge in [-0.05, 0) is 12.1 Å². The number of non-ortho nitro benzene ring substituents is 1. The van der Waals surface area contributed by atoms with Crippen LogP contribution in [0.2, 0.25) is 0 Å². The summed E-state index contributed by atoms with van der Waals surface area (Å²) in [5.41, 5.74) is 0.413. The number of nitro benzene ring substituents is 1. The SMILES string of the molecule is CC(=O)N=c1sc(C(C)=O)nn1-c1ccc([N+](=O)[O-])cc1. The van der Waals surface area contributed by atoms with Crippen molar-refractivity contribution in [1.29, 1.82) is 0 Å². The summed E-state index contributed by atoms with van der Waals surface area (Å²) in [6, 6.07) is 5.57. The largest absolute Gasteiger partial charge is 0.292 e. The van der Waals surface area contributed by atoms with Crippen LogP contribution in [0.15, 0.2) is 29.3 Å². The zero-order valence-electron chi connectivity index (χ0n) is 11.1. The molecule has 0 bridgehead atoms. The van der Waals surface area contributed by atoms with Crippen molar-refractivity contribution in [1.82, 2.24) is 9.78 Å². The summed E-state index contributed by atoms with van der Waals surface area (Å²) in [5, 5.41) is 14.9. The maximum atomic E-state index is 11.4. The van der Waals surface area contributed by atoms with Crippen molar-refractivity contribution < 1.29 is 14.5 Å². The number of aromatic nitrogens is 2. The van der Waals surface area contributed by atoms with Gasteiger partial charge in [0.25, 0.3) is 5.69 Å². The van der Waals surface area contributed by atoms with Gasteiger partial charge in [0.2, 0.25) is 10.7 Å². The molecule has 1 heterocycles. The Hall–Kier alpha value is -2.68. The lowest BCUT2D eigenvalue weighted by molar-refractivity contribution is -0.384. The number of carbonyl (C=O) groups is 2. The molecule has 9 heteroatoms. The minimum atomic E-state index is -0.517. The lowest BCUT2D eigenvalue weighted by Crippen LogP contribution is -2.15. The Bertz CT molecular complexity index is 788. The molecule has 0 aliphatic rings. The smallest absolute Gasteiger partial charge is 0.269 e. The predicted octanol–water partition coefficient (Wildman–Crippen LogP) is 1.49. The second-order valence-corrected chi connectivity index (χ2v) is 5.02. The lowest BCUT2D eigenvalue weighted by Gasteiger charge is -2.00. The van der Waals surface area contributed by atoms with E-state index in [1.165, 1.54) is 42.8 Å². The summed E-state index contributed by atoms with van der Waals surface area (Å²) in [7, 11) is 0. The van der Waals surface area contributed by atoms with E-state index in [4.69, 9.17) is 0 Å². The second kappa shape index (κ2) is 5.75. The van der Waals surface area contributed by atoms with Crippen LogP contribution in [0.5, 0.6) is 0 Å². The van der Waals surface area contributed by atoms with Gasteiger partial charge in [0, 0.05) is 26.0 Å². The zero-order chi connectivity index (χ0) is 15.6. The third-order valence-electron chi connectivity index (χ3n) is 2.42. The first kappa shape index (κ1) is 14.7. The topological polar surface area (TPSA) is 107 Å². The van der Waals surface area contributed by atoms with Gasteiger partial charge in [0.05, 0.1) is 10.6 Å². The minimum Gasteiger partial charge on any atom is -0.292 e. The number of nitrogens with zero attached hydrogens (tertiary/aromatic N) is 4. The number of rotatable bonds is 3. The molecular formula is C12H10N4O4S. The van der Waals surface area contributed by atoms with Crippen LogP contribution in [0.4, 0.5) is 5.69 Å². The normalized spacial score (nSPS) is 11.4. The van der Waals surface area contributed by atoms with Crippen LogP contribution in [0.25, 0.3) is 5.69 Å². The van der Waals surface area contributed by atoms with Crippen molar-refractivity contribution in [3.8, 4) is 5.69 Å². The molecule has 8 nitrogen and oxygen atoms in total. The fourth-order valence-electron chi connectivity index (χ4n) is 1.51. The highest BCUT2D eigenvalue weighted by atomic mass is 32.1. The summed E-state index contributed by atoms with van der Waals surface area (Å²) >= 11 is 0.982. The summed E-state index contributed by atoms with van der Waals surface area (Å²) in [4.78, 5) is 36.7. The van der Waals surface area contributed by atoms with E-state index in [2.05, 4.69) is 10.1 Å². The summed E-state index contributed by atoms with van der Waals surface area (Å²) < 4.78 is 1.31. The second-order valence-electron chi connectivity index (χ2n) is 4.06. The Balaban J connectivity index is 2.59. The van der Waals surface area contributed by atoms with E-state index in [1.807, 2.05) is 0 Å². The van der Waals surface area contributed by atoms with Crippen molar-refractivity contribution in [2.24, 2.45) is 4.99 Å². The van der Waals surface area contributed by atoms with Crippen LogP contribution in [0, 0.1) is 10.1 Å². The van der Waals surface area contributed by atoms with Crippen LogP contribution in [0.3, 0.4) is 0 Å². The first-order chi connectivity index (χ1) is 9.88. The van der Waals surface area contributed by atoms with Crippen LogP contribution in [-0.4, -0.2) is 26.4 Å². The zero-order valence-corrected chi connectivity index (χ0v) is 12.0. The molecule has 0 saturated carbocycles. The number of Topliss-reactive ketones (excluding diaryl/α,β-unsaturated/α-hetero) is 1. The van der Waals surface area contributed by atoms with Crippen LogP contribution in [-0.2, 0) is 4.79 Å². The Kier molecular flexibility index (Phi) is 4.03. The van der Waals surface area contributed by atoms with E-state index in [0.29, 0.717) is 5.69 Å². The molecule has 2 rings (SSSR count). The molecule has 0 radical (unpaired) electrons. The molecule has 1 aromatic heterocycles. The molecule has 0 N–H and O–H groups in total. The highest BCUT2D eigenvalue weighted by Crippen LogP contribution is 2.14. The van der Waals surface area contributed by atoms with Crippen LogP contribution >= 0.6 is 11.3 Å². The van der Waals surface area contributed by atoms with Crippen molar-refractivity contribution >= 4 is 28.7 Å². The average Bonchev–Trinajstić information content (AvgIpc) is 2.82. The molecule has 0 fully saturated rings. The number of carbonyl (C=O) groups excluding carboxylic acids is 2. The molecule has 1 aromatic carbocycles. The molecular weight excluding hydrogens is 296 g/mol. The standard InChI is InChI=1S/C12H10N4O4S/c1-7(17)11-14-15(12(21-11)13-8(2)18)9-3-5-10(6-4-9)16(19)20/h3-6H,1-2H3. The van der Waals surface area contributed by atoms with Gasteiger partial charge in [-0.3, -0.25) is 19.7 Å². The van der Waals surface area contributed by atoms with E-state index in [0.717, 1.165) is 11.3 Å². The number of hydrogen-bond acceptors (Lipinski definition) is 6. The van der Waals surface area contributed by atoms with Gasteiger partial charge >= 0.3 is 0 Å². The van der Waals surface area contributed by atoms with Gasteiger partial charge in [0.1, 0.15) is 0 Å². The molecule has 21 heavy (non-hydrogen) atoms. The van der Waals surface area contributed by atoms with Crippen LogP contribution in [0.1, 0.15) is 23.6 Å². The Morgan fingerprint density at radius 2 is 1.90 bits per heavy atom. The molecule has 0 atom stereocenters. The van der Waals surface area contributed by atoms with E-state index in [-0.39, 0.29) is 21.3 Å². The molecule has 0 aliphatic carbocycles. The quantitative estimate of drug-likeness (QED) is 0.485. The highest BCUT2D eigenvalue weighted by molar-refractivity contribution is 7.11. The molecule has 2 aromatic rings. The molecule has 108 valence electrons. The monoisotopic (exact) mass is 306 g/mol. The van der Waals surface area contributed by atoms with Gasteiger partial charge in [-0.15, -0.1) is 0 Å². The number of hydrogen-bond donors (Lipinski definition) is 0. The van der Waals surface area contributed by atoms with Gasteiger partial charge < -0.3 is 0 Å². The summed E-state index contributed by atoms with van der Waals surface area (Å²) in [6.07, 6.45) is 0. The average molecular weight is 306 g/mol. The van der Waals surface area contributed by atoms with Crippen molar-refractivity contribution in [2.75, 3.05) is 0 Å². The summed E-state index contributed by atoms with van der Waals surface area (Å²) in [6.45, 7) is 2.64. The maximum absolute atomic E-state index is 11.4. The number of ketones is 1. The maximum Gasteiger partial charge on any atom is 0.269 e. The van der Waals surface area contributed by atoms with Gasteiger partial charge in [-0.1, -0.05) is 11.3 Å². The Morgan fingerprint density at radius 1 is 1.29 bits per heavy atom. The van der Waals surface area contributed by atoms with Gasteiger partial charge in [0.15, 0.2) is 10.8 Å². The Labute approximate surface area is 122 Å². The van der Waals surface area contributed by atoms with E-state index in [1.54, 1.807) is 0 Å². The van der Waals surface area contributed by atoms with E-state index >= 15 is 0 Å². The fourth-order valence-corrected chi connectivity index (χ4v) is 2.36. The van der Waals surface area contributed by atoms with Crippen LogP contribution < -0.4 is 4.80 Å². The highest BCUT2D eigenvalue weighted by Gasteiger charge is 2.12. The minimum absolute atomic E-state index is 0.0635. The van der Waals surface area contributed by atoms with Crippen molar-refractivity contribution in [2.45, 2.75) is 13.8 Å². The van der Waals surface area contributed by atoms with Gasteiger partial charge in [-0.25, -0.2) is 4.68 Å². The van der Waals surface area contributed by atoms with Crippen molar-refractivity contribution in [3.05, 3.63) is 44.2 Å². The molecule has 0 aliphatic heterocycles. The van der Waals surface area contributed by atoms with Crippen molar-refractivity contribution in [3.63, 3.8) is 0 Å². The molecule has 0 unspecified atom stereocenters. The number of nitro groups is 1. The van der Waals surface area contributed by atoms with E-state index in [9.17, 15) is 19.7 Å². The first-order valence-electron chi connectivity index (χ1n) is 5.79. The third kappa shape index (κ3) is 3.26. The number of amides is 1. The predicted molar refractivity (Wildman–Crippen MR) is 74.3 cm³/mol. The van der Waals surface area contributed by atoms with Gasteiger partial charge in [-0.2, -0.15) is 10.1 Å². The molecule has 0 saturated heterocycles.